The molecule has 5 nitrogen and oxygen atoms in total. The average Bonchev–Trinajstić information content (AvgIpc) is 3.03. The lowest BCUT2D eigenvalue weighted by molar-refractivity contribution is 0.215. The van der Waals surface area contributed by atoms with E-state index in [2.05, 4.69) is 46.7 Å². The van der Waals surface area contributed by atoms with E-state index in [1.807, 2.05) is 6.92 Å². The van der Waals surface area contributed by atoms with E-state index >= 15 is 0 Å². The first kappa shape index (κ1) is 17.8. The molecule has 0 aliphatic carbocycles. The highest BCUT2D eigenvalue weighted by atomic mass is 16.3. The Morgan fingerprint density at radius 1 is 1.26 bits per heavy atom. The summed E-state index contributed by atoms with van der Waals surface area (Å²) < 4.78 is 0. The number of amides is 2. The number of benzene rings is 1. The molecular formula is C18H29N3O2. The third-order valence-corrected chi connectivity index (χ3v) is 4.44. The number of carbonyl (C=O) groups is 1. The average molecular weight is 319 g/mol. The first-order valence-electron chi connectivity index (χ1n) is 8.56. The molecule has 1 saturated heterocycles. The molecule has 1 aromatic carbocycles. The summed E-state index contributed by atoms with van der Waals surface area (Å²) in [4.78, 5) is 14.5. The van der Waals surface area contributed by atoms with Crippen LogP contribution in [0.3, 0.4) is 0 Å². The Kier molecular flexibility index (Phi) is 6.86. The normalized spacial score (nSPS) is 17.7. The van der Waals surface area contributed by atoms with Gasteiger partial charge in [-0.2, -0.15) is 0 Å². The molecule has 128 valence electrons. The number of hydrogen-bond acceptors (Lipinski definition) is 3. The second-order valence-corrected chi connectivity index (χ2v) is 6.44. The van der Waals surface area contributed by atoms with Crippen molar-refractivity contribution >= 4 is 6.03 Å². The van der Waals surface area contributed by atoms with E-state index in [0.29, 0.717) is 13.0 Å². The molecule has 3 N–H and O–H groups in total. The monoisotopic (exact) mass is 319 g/mol. The van der Waals surface area contributed by atoms with Crippen molar-refractivity contribution in [3.63, 3.8) is 0 Å². The predicted molar refractivity (Wildman–Crippen MR) is 92.4 cm³/mol. The Bertz CT molecular complexity index is 484. The smallest absolute Gasteiger partial charge is 0.315 e. The Morgan fingerprint density at radius 2 is 1.91 bits per heavy atom. The van der Waals surface area contributed by atoms with E-state index in [0.717, 1.165) is 13.1 Å². The van der Waals surface area contributed by atoms with E-state index in [9.17, 15) is 4.79 Å². The van der Waals surface area contributed by atoms with Gasteiger partial charge in [0.1, 0.15) is 0 Å². The lowest BCUT2D eigenvalue weighted by atomic mass is 10.0. The van der Waals surface area contributed by atoms with Crippen LogP contribution in [-0.2, 0) is 0 Å². The van der Waals surface area contributed by atoms with E-state index in [-0.39, 0.29) is 24.7 Å². The predicted octanol–water partition coefficient (Wildman–Crippen LogP) is 2.20. The van der Waals surface area contributed by atoms with Gasteiger partial charge in [0.15, 0.2) is 0 Å². The largest absolute Gasteiger partial charge is 0.396 e. The van der Waals surface area contributed by atoms with Gasteiger partial charge in [0, 0.05) is 19.2 Å². The van der Waals surface area contributed by atoms with Gasteiger partial charge in [0.25, 0.3) is 0 Å². The Labute approximate surface area is 139 Å². The molecule has 0 radical (unpaired) electrons. The van der Waals surface area contributed by atoms with Crippen LogP contribution in [0.15, 0.2) is 24.3 Å². The summed E-state index contributed by atoms with van der Waals surface area (Å²) in [5.41, 5.74) is 2.50. The van der Waals surface area contributed by atoms with E-state index in [1.165, 1.54) is 24.0 Å². The topological polar surface area (TPSA) is 64.6 Å². The van der Waals surface area contributed by atoms with Crippen molar-refractivity contribution in [3.8, 4) is 0 Å². The van der Waals surface area contributed by atoms with E-state index < -0.39 is 0 Å². The van der Waals surface area contributed by atoms with Gasteiger partial charge < -0.3 is 15.7 Å². The summed E-state index contributed by atoms with van der Waals surface area (Å²) >= 11 is 0. The molecule has 1 unspecified atom stereocenters. The van der Waals surface area contributed by atoms with Crippen molar-refractivity contribution in [2.24, 2.45) is 0 Å². The summed E-state index contributed by atoms with van der Waals surface area (Å²) in [6, 6.07) is 8.60. The Morgan fingerprint density at radius 3 is 2.52 bits per heavy atom. The maximum Gasteiger partial charge on any atom is 0.315 e. The summed E-state index contributed by atoms with van der Waals surface area (Å²) in [5, 5.41) is 14.8. The minimum Gasteiger partial charge on any atom is -0.396 e. The van der Waals surface area contributed by atoms with Crippen molar-refractivity contribution in [2.75, 3.05) is 26.2 Å². The third-order valence-electron chi connectivity index (χ3n) is 4.44. The van der Waals surface area contributed by atoms with Crippen molar-refractivity contribution in [1.29, 1.82) is 0 Å². The highest BCUT2D eigenvalue weighted by Gasteiger charge is 2.24. The number of aliphatic hydroxyl groups is 1. The van der Waals surface area contributed by atoms with Crippen LogP contribution in [0.4, 0.5) is 4.79 Å². The van der Waals surface area contributed by atoms with Crippen LogP contribution >= 0.6 is 0 Å². The molecule has 5 heteroatoms. The molecule has 2 amide bonds. The van der Waals surface area contributed by atoms with Crippen molar-refractivity contribution in [3.05, 3.63) is 35.4 Å². The molecule has 0 bridgehead atoms. The molecule has 1 heterocycles. The fourth-order valence-electron chi connectivity index (χ4n) is 3.03. The van der Waals surface area contributed by atoms with E-state index in [1.54, 1.807) is 0 Å². The molecule has 2 rings (SSSR count). The SMILES string of the molecule is Cc1ccc(C(CNC(=O)N[C@H](C)CCO)N2CCCC2)cc1. The first-order chi connectivity index (χ1) is 11.1. The fraction of sp³-hybridized carbons (Fsp3) is 0.611. The summed E-state index contributed by atoms with van der Waals surface area (Å²) in [7, 11) is 0. The number of urea groups is 1. The van der Waals surface area contributed by atoms with Gasteiger partial charge in [0.05, 0.1) is 6.04 Å². The maximum absolute atomic E-state index is 12.0. The molecule has 1 fully saturated rings. The minimum atomic E-state index is -0.165. The zero-order valence-corrected chi connectivity index (χ0v) is 14.2. The van der Waals surface area contributed by atoms with Gasteiger partial charge in [-0.25, -0.2) is 4.79 Å². The van der Waals surface area contributed by atoms with Crippen LogP contribution in [0.1, 0.15) is 43.4 Å². The molecule has 0 spiro atoms. The molecule has 23 heavy (non-hydrogen) atoms. The molecule has 1 aromatic rings. The van der Waals surface area contributed by atoms with Crippen molar-refractivity contribution < 1.29 is 9.90 Å². The molecule has 1 aliphatic rings. The highest BCUT2D eigenvalue weighted by Crippen LogP contribution is 2.24. The van der Waals surface area contributed by atoms with Crippen LogP contribution in [0.5, 0.6) is 0 Å². The van der Waals surface area contributed by atoms with Gasteiger partial charge in [0.2, 0.25) is 0 Å². The number of rotatable bonds is 7. The number of hydrogen-bond donors (Lipinski definition) is 3. The maximum atomic E-state index is 12.0. The standard InChI is InChI=1S/C18H29N3O2/c1-14-5-7-16(8-6-14)17(21-10-3-4-11-21)13-19-18(23)20-15(2)9-12-22/h5-8,15,17,22H,3-4,9-13H2,1-2H3,(H2,19,20,23)/t15-,17?/m1/s1. The number of nitrogens with one attached hydrogen (secondary N) is 2. The number of aliphatic hydroxyl groups excluding tert-OH is 1. The highest BCUT2D eigenvalue weighted by molar-refractivity contribution is 5.74. The number of aryl methyl sites for hydroxylation is 1. The number of nitrogens with zero attached hydrogens (tertiary/aromatic N) is 1. The van der Waals surface area contributed by atoms with Crippen LogP contribution in [0.25, 0.3) is 0 Å². The number of carbonyl (C=O) groups excluding carboxylic acids is 1. The fourth-order valence-corrected chi connectivity index (χ4v) is 3.03. The lowest BCUT2D eigenvalue weighted by Crippen LogP contribution is -2.44. The number of likely N-dealkylation sites (tertiary alicyclic amines) is 1. The zero-order valence-electron chi connectivity index (χ0n) is 14.2. The molecule has 0 aromatic heterocycles. The molecule has 2 atom stereocenters. The minimum absolute atomic E-state index is 0.0235. The van der Waals surface area contributed by atoms with Crippen LogP contribution < -0.4 is 10.6 Å². The Balaban J connectivity index is 1.95. The van der Waals surface area contributed by atoms with Crippen molar-refractivity contribution in [1.82, 2.24) is 15.5 Å². The first-order valence-corrected chi connectivity index (χ1v) is 8.56. The quantitative estimate of drug-likeness (QED) is 0.722. The van der Waals surface area contributed by atoms with Gasteiger partial charge in [-0.1, -0.05) is 29.8 Å². The second kappa shape index (κ2) is 8.89. The van der Waals surface area contributed by atoms with Crippen LogP contribution in [-0.4, -0.2) is 48.3 Å². The molecular weight excluding hydrogens is 290 g/mol. The molecule has 0 saturated carbocycles. The third kappa shape index (κ3) is 5.52. The summed E-state index contributed by atoms with van der Waals surface area (Å²) in [6.07, 6.45) is 3.02. The summed E-state index contributed by atoms with van der Waals surface area (Å²) in [6.45, 7) is 6.84. The van der Waals surface area contributed by atoms with E-state index in [4.69, 9.17) is 5.11 Å². The van der Waals surface area contributed by atoms with Gasteiger partial charge in [-0.3, -0.25) is 4.90 Å². The van der Waals surface area contributed by atoms with Crippen molar-refractivity contribution in [2.45, 2.75) is 45.2 Å². The zero-order chi connectivity index (χ0) is 16.7. The Hall–Kier alpha value is -1.59. The van der Waals surface area contributed by atoms with Gasteiger partial charge in [-0.05, 0) is 51.8 Å². The van der Waals surface area contributed by atoms with Gasteiger partial charge in [-0.15, -0.1) is 0 Å². The van der Waals surface area contributed by atoms with Crippen LogP contribution in [0.2, 0.25) is 0 Å². The second-order valence-electron chi connectivity index (χ2n) is 6.44. The van der Waals surface area contributed by atoms with Gasteiger partial charge >= 0.3 is 6.03 Å². The summed E-state index contributed by atoms with van der Waals surface area (Å²) in [5.74, 6) is 0. The molecule has 1 aliphatic heterocycles. The van der Waals surface area contributed by atoms with Crippen LogP contribution in [0, 0.1) is 6.92 Å². The lowest BCUT2D eigenvalue weighted by Gasteiger charge is -2.28.